The quantitative estimate of drug-likeness (QED) is 0.848. The van der Waals surface area contributed by atoms with Gasteiger partial charge in [-0.05, 0) is 19.3 Å². The highest BCUT2D eigenvalue weighted by Gasteiger charge is 2.32. The molecular formula is C14H18N4O2S. The van der Waals surface area contributed by atoms with Crippen LogP contribution in [0.3, 0.4) is 0 Å². The van der Waals surface area contributed by atoms with E-state index in [1.54, 1.807) is 16.8 Å². The van der Waals surface area contributed by atoms with Gasteiger partial charge >= 0.3 is 0 Å². The maximum absolute atomic E-state index is 12.4. The van der Waals surface area contributed by atoms with Crippen LogP contribution in [-0.2, 0) is 17.6 Å². The van der Waals surface area contributed by atoms with Crippen LogP contribution in [0.15, 0.2) is 15.4 Å². The summed E-state index contributed by atoms with van der Waals surface area (Å²) in [7, 11) is 0. The van der Waals surface area contributed by atoms with E-state index in [0.717, 1.165) is 31.5 Å². The van der Waals surface area contributed by atoms with Crippen LogP contribution in [0.25, 0.3) is 0 Å². The van der Waals surface area contributed by atoms with Gasteiger partial charge in [0.05, 0.1) is 17.2 Å². The molecule has 1 fully saturated rings. The molecular weight excluding hydrogens is 288 g/mol. The van der Waals surface area contributed by atoms with Crippen molar-refractivity contribution >= 4 is 17.2 Å². The Kier molecular flexibility index (Phi) is 4.28. The van der Waals surface area contributed by atoms with Gasteiger partial charge in [-0.2, -0.15) is 4.98 Å². The molecule has 0 bridgehead atoms. The number of hydrogen-bond donors (Lipinski definition) is 0. The van der Waals surface area contributed by atoms with Crippen molar-refractivity contribution in [2.45, 2.75) is 45.1 Å². The summed E-state index contributed by atoms with van der Waals surface area (Å²) in [6.45, 7) is 2.75. The molecule has 6 nitrogen and oxygen atoms in total. The van der Waals surface area contributed by atoms with Crippen molar-refractivity contribution in [3.63, 3.8) is 0 Å². The smallest absolute Gasteiger partial charge is 0.226 e. The molecule has 1 aliphatic heterocycles. The molecule has 3 rings (SSSR count). The lowest BCUT2D eigenvalue weighted by Crippen LogP contribution is -2.31. The number of aryl methyl sites for hydroxylation is 2. The normalized spacial score (nSPS) is 18.3. The van der Waals surface area contributed by atoms with Crippen LogP contribution in [-0.4, -0.2) is 32.5 Å². The Morgan fingerprint density at radius 2 is 2.48 bits per heavy atom. The molecule has 7 heteroatoms. The van der Waals surface area contributed by atoms with Gasteiger partial charge < -0.3 is 9.42 Å². The largest absolute Gasteiger partial charge is 0.339 e. The number of carbonyl (C=O) groups is 1. The first-order valence-electron chi connectivity index (χ1n) is 7.27. The Balaban J connectivity index is 1.64. The van der Waals surface area contributed by atoms with Gasteiger partial charge in [0.2, 0.25) is 11.8 Å². The first-order valence-corrected chi connectivity index (χ1v) is 8.21. The molecule has 0 radical (unpaired) electrons. The Labute approximate surface area is 127 Å². The van der Waals surface area contributed by atoms with Crippen LogP contribution in [0.5, 0.6) is 0 Å². The Morgan fingerprint density at radius 1 is 1.57 bits per heavy atom. The summed E-state index contributed by atoms with van der Waals surface area (Å²) in [5, 5.41) is 6.01. The van der Waals surface area contributed by atoms with Crippen molar-refractivity contribution in [1.82, 2.24) is 20.0 Å². The van der Waals surface area contributed by atoms with E-state index in [1.165, 1.54) is 0 Å². The van der Waals surface area contributed by atoms with E-state index in [2.05, 4.69) is 15.1 Å². The van der Waals surface area contributed by atoms with E-state index >= 15 is 0 Å². The summed E-state index contributed by atoms with van der Waals surface area (Å²) in [6, 6.07) is -0.0306. The fraction of sp³-hybridized carbons (Fsp3) is 0.571. The maximum atomic E-state index is 12.4. The van der Waals surface area contributed by atoms with E-state index in [9.17, 15) is 4.79 Å². The van der Waals surface area contributed by atoms with E-state index in [-0.39, 0.29) is 11.9 Å². The van der Waals surface area contributed by atoms with Gasteiger partial charge in [-0.15, -0.1) is 11.3 Å². The van der Waals surface area contributed by atoms with Crippen LogP contribution < -0.4 is 0 Å². The third kappa shape index (κ3) is 3.12. The Morgan fingerprint density at radius 3 is 3.19 bits per heavy atom. The molecule has 1 saturated heterocycles. The van der Waals surface area contributed by atoms with E-state index < -0.39 is 0 Å². The number of aromatic nitrogens is 3. The lowest BCUT2D eigenvalue weighted by atomic mass is 10.2. The molecule has 0 aromatic carbocycles. The van der Waals surface area contributed by atoms with Gasteiger partial charge in [-0.1, -0.05) is 12.1 Å². The molecule has 2 aromatic rings. The second-order valence-corrected chi connectivity index (χ2v) is 5.84. The highest BCUT2D eigenvalue weighted by molar-refractivity contribution is 7.07. The first-order chi connectivity index (χ1) is 10.3. The minimum Gasteiger partial charge on any atom is -0.339 e. The van der Waals surface area contributed by atoms with Crippen molar-refractivity contribution in [3.8, 4) is 0 Å². The fourth-order valence-corrected chi connectivity index (χ4v) is 3.21. The van der Waals surface area contributed by atoms with E-state index in [1.807, 2.05) is 17.2 Å². The number of hydrogen-bond acceptors (Lipinski definition) is 6. The summed E-state index contributed by atoms with van der Waals surface area (Å²) in [4.78, 5) is 22.9. The third-order valence-electron chi connectivity index (χ3n) is 3.74. The molecule has 1 atom stereocenters. The van der Waals surface area contributed by atoms with Crippen LogP contribution in [0, 0.1) is 0 Å². The Hall–Kier alpha value is -1.76. The number of rotatable bonds is 5. The van der Waals surface area contributed by atoms with Crippen molar-refractivity contribution in [2.24, 2.45) is 0 Å². The lowest BCUT2D eigenvalue weighted by molar-refractivity contribution is -0.132. The van der Waals surface area contributed by atoms with Gasteiger partial charge in [-0.25, -0.2) is 4.98 Å². The van der Waals surface area contributed by atoms with Gasteiger partial charge in [0.15, 0.2) is 5.82 Å². The number of amides is 1. The number of carbonyl (C=O) groups excluding carboxylic acids is 1. The second-order valence-electron chi connectivity index (χ2n) is 5.12. The van der Waals surface area contributed by atoms with Crippen LogP contribution in [0.4, 0.5) is 0 Å². The second kappa shape index (κ2) is 6.34. The van der Waals surface area contributed by atoms with Gasteiger partial charge in [0.1, 0.15) is 0 Å². The average molecular weight is 306 g/mol. The number of likely N-dealkylation sites (tertiary alicyclic amines) is 1. The summed E-state index contributed by atoms with van der Waals surface area (Å²) >= 11 is 1.56. The molecule has 21 heavy (non-hydrogen) atoms. The average Bonchev–Trinajstić information content (AvgIpc) is 3.23. The van der Waals surface area contributed by atoms with Crippen molar-refractivity contribution in [2.75, 3.05) is 6.54 Å². The zero-order valence-electron chi connectivity index (χ0n) is 12.0. The predicted octanol–water partition coefficient (Wildman–Crippen LogP) is 2.38. The summed E-state index contributed by atoms with van der Waals surface area (Å²) in [6.07, 6.45) is 3.79. The predicted molar refractivity (Wildman–Crippen MR) is 77.8 cm³/mol. The van der Waals surface area contributed by atoms with E-state index in [0.29, 0.717) is 24.6 Å². The molecule has 3 heterocycles. The first kappa shape index (κ1) is 14.2. The zero-order valence-corrected chi connectivity index (χ0v) is 12.8. The maximum Gasteiger partial charge on any atom is 0.226 e. The molecule has 0 spiro atoms. The minimum atomic E-state index is -0.0306. The molecule has 1 unspecified atom stereocenters. The molecule has 112 valence electrons. The van der Waals surface area contributed by atoms with Gasteiger partial charge in [0, 0.05) is 24.8 Å². The molecule has 1 aliphatic rings. The highest BCUT2D eigenvalue weighted by Crippen LogP contribution is 2.30. The Bertz CT molecular complexity index is 596. The summed E-state index contributed by atoms with van der Waals surface area (Å²) < 4.78 is 5.17. The van der Waals surface area contributed by atoms with Crippen molar-refractivity contribution in [3.05, 3.63) is 28.3 Å². The number of nitrogens with zero attached hydrogens (tertiary/aromatic N) is 4. The summed E-state index contributed by atoms with van der Waals surface area (Å²) in [5.74, 6) is 1.42. The van der Waals surface area contributed by atoms with Crippen LogP contribution >= 0.6 is 11.3 Å². The van der Waals surface area contributed by atoms with Crippen molar-refractivity contribution < 1.29 is 9.32 Å². The van der Waals surface area contributed by atoms with Gasteiger partial charge in [-0.3, -0.25) is 4.79 Å². The van der Waals surface area contributed by atoms with Crippen LogP contribution in [0.1, 0.15) is 49.6 Å². The lowest BCUT2D eigenvalue weighted by Gasteiger charge is -2.22. The summed E-state index contributed by atoms with van der Waals surface area (Å²) in [5.41, 5.74) is 2.78. The zero-order chi connectivity index (χ0) is 14.7. The standard InChI is InChI=1S/C14H18N4O2S/c1-2-12-16-14(17-20-12)11-4-3-7-18(11)13(19)6-5-10-8-21-9-15-10/h8-9,11H,2-7H2,1H3. The third-order valence-corrected chi connectivity index (χ3v) is 4.37. The van der Waals surface area contributed by atoms with Gasteiger partial charge in [0.25, 0.3) is 0 Å². The van der Waals surface area contributed by atoms with E-state index in [4.69, 9.17) is 4.52 Å². The molecule has 0 saturated carbocycles. The molecule has 0 aliphatic carbocycles. The molecule has 2 aromatic heterocycles. The number of thiazole rings is 1. The fourth-order valence-electron chi connectivity index (χ4n) is 2.62. The van der Waals surface area contributed by atoms with Crippen molar-refractivity contribution in [1.29, 1.82) is 0 Å². The monoisotopic (exact) mass is 306 g/mol. The molecule has 0 N–H and O–H groups in total. The topological polar surface area (TPSA) is 72.1 Å². The highest BCUT2D eigenvalue weighted by atomic mass is 32.1. The minimum absolute atomic E-state index is 0.0306. The molecule has 1 amide bonds. The van der Waals surface area contributed by atoms with Crippen LogP contribution in [0.2, 0.25) is 0 Å². The SMILES string of the molecule is CCc1nc(C2CCCN2C(=O)CCc2cscn2)no1.